The number of nitrogens with zero attached hydrogens (tertiary/aromatic N) is 1. The molecule has 1 fully saturated rings. The zero-order valence-corrected chi connectivity index (χ0v) is 13.5. The second-order valence-electron chi connectivity index (χ2n) is 5.16. The Bertz CT molecular complexity index is 630. The van der Waals surface area contributed by atoms with Crippen molar-refractivity contribution >= 4 is 15.9 Å². The molecule has 1 aromatic carbocycles. The van der Waals surface area contributed by atoms with Gasteiger partial charge >= 0.3 is 0 Å². The van der Waals surface area contributed by atoms with Crippen LogP contribution in [0.3, 0.4) is 0 Å². The zero-order valence-electron chi connectivity index (χ0n) is 12.7. The highest BCUT2D eigenvalue weighted by atomic mass is 32.2. The van der Waals surface area contributed by atoms with Crippen molar-refractivity contribution in [3.05, 3.63) is 24.3 Å². The summed E-state index contributed by atoms with van der Waals surface area (Å²) < 4.78 is 31.7. The standard InChI is InChI=1S/C14H21N3O4S/c1-3-16-14(18)13-8-10(15)9-17(13)22(19,20)12-6-4-11(21-2)5-7-12/h4-7,10,13H,3,8-9,15H2,1-2H3,(H,16,18)/t10-,13-/m0/s1. The van der Waals surface area contributed by atoms with E-state index in [9.17, 15) is 13.2 Å². The molecule has 0 aliphatic carbocycles. The SMILES string of the molecule is CCNC(=O)[C@@H]1C[C@H](N)CN1S(=O)(=O)c1ccc(OC)cc1. The number of benzene rings is 1. The van der Waals surface area contributed by atoms with Crippen LogP contribution in [0.25, 0.3) is 0 Å². The molecule has 7 nitrogen and oxygen atoms in total. The van der Waals surface area contributed by atoms with Gasteiger partial charge in [0.25, 0.3) is 0 Å². The molecule has 3 N–H and O–H groups in total. The number of sulfonamides is 1. The molecule has 1 saturated heterocycles. The van der Waals surface area contributed by atoms with E-state index < -0.39 is 16.1 Å². The number of nitrogens with one attached hydrogen (secondary N) is 1. The van der Waals surface area contributed by atoms with Gasteiger partial charge in [0, 0.05) is 19.1 Å². The van der Waals surface area contributed by atoms with E-state index in [1.807, 2.05) is 0 Å². The van der Waals surface area contributed by atoms with Gasteiger partial charge in [-0.25, -0.2) is 8.42 Å². The summed E-state index contributed by atoms with van der Waals surface area (Å²) in [5.74, 6) is 0.255. The Kier molecular flexibility index (Phi) is 5.05. The Labute approximate surface area is 130 Å². The number of nitrogens with two attached hydrogens (primary N) is 1. The minimum absolute atomic E-state index is 0.122. The summed E-state index contributed by atoms with van der Waals surface area (Å²) in [6.45, 7) is 2.37. The van der Waals surface area contributed by atoms with Crippen LogP contribution < -0.4 is 15.8 Å². The quantitative estimate of drug-likeness (QED) is 0.788. The Morgan fingerprint density at radius 1 is 1.41 bits per heavy atom. The molecule has 2 rings (SSSR count). The van der Waals surface area contributed by atoms with Gasteiger partial charge in [-0.05, 0) is 37.6 Å². The number of carbonyl (C=O) groups excluding carboxylic acids is 1. The molecule has 0 unspecified atom stereocenters. The van der Waals surface area contributed by atoms with E-state index in [0.29, 0.717) is 18.7 Å². The van der Waals surface area contributed by atoms with Gasteiger partial charge in [-0.1, -0.05) is 0 Å². The molecule has 0 aromatic heterocycles. The van der Waals surface area contributed by atoms with Gasteiger partial charge in [-0.2, -0.15) is 4.31 Å². The lowest BCUT2D eigenvalue weighted by Gasteiger charge is -2.23. The van der Waals surface area contributed by atoms with Crippen molar-refractivity contribution in [3.8, 4) is 5.75 Å². The van der Waals surface area contributed by atoms with Gasteiger partial charge in [-0.3, -0.25) is 4.79 Å². The maximum atomic E-state index is 12.7. The van der Waals surface area contributed by atoms with E-state index in [2.05, 4.69) is 5.32 Å². The predicted octanol–water partition coefficient (Wildman–Crippen LogP) is -0.0784. The van der Waals surface area contributed by atoms with Crippen molar-refractivity contribution in [2.75, 3.05) is 20.2 Å². The maximum Gasteiger partial charge on any atom is 0.243 e. The molecule has 22 heavy (non-hydrogen) atoms. The number of hydrogen-bond acceptors (Lipinski definition) is 5. The third kappa shape index (κ3) is 3.23. The van der Waals surface area contributed by atoms with Crippen LogP contribution in [0.4, 0.5) is 0 Å². The number of rotatable bonds is 5. The highest BCUT2D eigenvalue weighted by molar-refractivity contribution is 7.89. The lowest BCUT2D eigenvalue weighted by atomic mass is 10.2. The fourth-order valence-corrected chi connectivity index (χ4v) is 4.17. The van der Waals surface area contributed by atoms with Crippen molar-refractivity contribution < 1.29 is 17.9 Å². The molecule has 1 amide bonds. The van der Waals surface area contributed by atoms with Crippen LogP contribution in [0.2, 0.25) is 0 Å². The van der Waals surface area contributed by atoms with Crippen molar-refractivity contribution in [2.45, 2.75) is 30.3 Å². The monoisotopic (exact) mass is 327 g/mol. The molecular weight excluding hydrogens is 306 g/mol. The van der Waals surface area contributed by atoms with E-state index in [0.717, 1.165) is 0 Å². The molecule has 1 heterocycles. The van der Waals surface area contributed by atoms with Gasteiger partial charge in [0.1, 0.15) is 11.8 Å². The van der Waals surface area contributed by atoms with Crippen LogP contribution in [0.5, 0.6) is 5.75 Å². The second kappa shape index (κ2) is 6.64. The molecule has 0 bridgehead atoms. The molecule has 8 heteroatoms. The average Bonchev–Trinajstić information content (AvgIpc) is 2.90. The molecule has 1 aliphatic heterocycles. The molecule has 0 saturated carbocycles. The van der Waals surface area contributed by atoms with Crippen molar-refractivity contribution in [2.24, 2.45) is 5.73 Å². The van der Waals surface area contributed by atoms with Gasteiger partial charge < -0.3 is 15.8 Å². The normalized spacial score (nSPS) is 22.5. The lowest BCUT2D eigenvalue weighted by molar-refractivity contribution is -0.124. The second-order valence-corrected chi connectivity index (χ2v) is 7.05. The van der Waals surface area contributed by atoms with Crippen molar-refractivity contribution in [1.29, 1.82) is 0 Å². The minimum atomic E-state index is -3.77. The summed E-state index contributed by atoms with van der Waals surface area (Å²) in [4.78, 5) is 12.2. The van der Waals surface area contributed by atoms with Crippen molar-refractivity contribution in [1.82, 2.24) is 9.62 Å². The first-order valence-corrected chi connectivity index (χ1v) is 8.53. The summed E-state index contributed by atoms with van der Waals surface area (Å²) in [6.07, 6.45) is 0.321. The number of carbonyl (C=O) groups is 1. The third-order valence-electron chi connectivity index (χ3n) is 3.61. The molecule has 122 valence electrons. The largest absolute Gasteiger partial charge is 0.497 e. The summed E-state index contributed by atoms with van der Waals surface area (Å²) in [5, 5.41) is 2.66. The van der Waals surface area contributed by atoms with Crippen molar-refractivity contribution in [3.63, 3.8) is 0 Å². The van der Waals surface area contributed by atoms with Gasteiger partial charge in [0.2, 0.25) is 15.9 Å². The number of hydrogen-bond donors (Lipinski definition) is 2. The van der Waals surface area contributed by atoms with Crippen LogP contribution in [0.1, 0.15) is 13.3 Å². The van der Waals surface area contributed by atoms with E-state index in [4.69, 9.17) is 10.5 Å². The van der Waals surface area contributed by atoms with E-state index >= 15 is 0 Å². The molecular formula is C14H21N3O4S. The van der Waals surface area contributed by atoms with E-state index in [1.165, 1.54) is 23.5 Å². The molecule has 1 aromatic rings. The predicted molar refractivity (Wildman–Crippen MR) is 81.9 cm³/mol. The molecule has 1 aliphatic rings. The fourth-order valence-electron chi connectivity index (χ4n) is 2.52. The van der Waals surface area contributed by atoms with E-state index in [1.54, 1.807) is 19.1 Å². The zero-order chi connectivity index (χ0) is 16.3. The summed E-state index contributed by atoms with van der Waals surface area (Å²) in [7, 11) is -2.26. The third-order valence-corrected chi connectivity index (χ3v) is 5.50. The van der Waals surface area contributed by atoms with Crippen LogP contribution in [-0.2, 0) is 14.8 Å². The summed E-state index contributed by atoms with van der Waals surface area (Å²) in [5.41, 5.74) is 5.86. The first kappa shape index (κ1) is 16.7. The number of methoxy groups -OCH3 is 1. The molecule has 0 radical (unpaired) electrons. The first-order valence-electron chi connectivity index (χ1n) is 7.09. The highest BCUT2D eigenvalue weighted by Crippen LogP contribution is 2.27. The smallest absolute Gasteiger partial charge is 0.243 e. The Balaban J connectivity index is 2.31. The Hall–Kier alpha value is -1.64. The van der Waals surface area contributed by atoms with Gasteiger partial charge in [-0.15, -0.1) is 0 Å². The number of likely N-dealkylation sites (N-methyl/N-ethyl adjacent to an activating group) is 1. The summed E-state index contributed by atoms with van der Waals surface area (Å²) in [6, 6.07) is 4.97. The van der Waals surface area contributed by atoms with Gasteiger partial charge in [0.15, 0.2) is 0 Å². The summed E-state index contributed by atoms with van der Waals surface area (Å²) >= 11 is 0. The van der Waals surface area contributed by atoms with E-state index in [-0.39, 0.29) is 23.4 Å². The fraction of sp³-hybridized carbons (Fsp3) is 0.500. The van der Waals surface area contributed by atoms with Crippen LogP contribution in [-0.4, -0.2) is 50.9 Å². The van der Waals surface area contributed by atoms with Crippen LogP contribution in [0, 0.1) is 0 Å². The highest BCUT2D eigenvalue weighted by Gasteiger charge is 2.42. The number of amides is 1. The minimum Gasteiger partial charge on any atom is -0.497 e. The Morgan fingerprint density at radius 2 is 2.05 bits per heavy atom. The maximum absolute atomic E-state index is 12.7. The molecule has 0 spiro atoms. The molecule has 2 atom stereocenters. The van der Waals surface area contributed by atoms with Crippen LogP contribution in [0.15, 0.2) is 29.2 Å². The first-order chi connectivity index (χ1) is 10.4. The lowest BCUT2D eigenvalue weighted by Crippen LogP contribution is -2.45. The topological polar surface area (TPSA) is 102 Å². The number of ether oxygens (including phenoxy) is 1. The average molecular weight is 327 g/mol. The Morgan fingerprint density at radius 3 is 2.59 bits per heavy atom. The van der Waals surface area contributed by atoms with Gasteiger partial charge in [0.05, 0.1) is 12.0 Å². The van der Waals surface area contributed by atoms with Crippen LogP contribution >= 0.6 is 0 Å².